The number of rotatable bonds is 8. The van der Waals surface area contributed by atoms with Crippen molar-refractivity contribution in [2.75, 3.05) is 33.9 Å². The Labute approximate surface area is 142 Å². The van der Waals surface area contributed by atoms with Gasteiger partial charge in [0.2, 0.25) is 0 Å². The maximum atomic E-state index is 11.8. The zero-order valence-corrected chi connectivity index (χ0v) is 15.1. The molecular weight excluding hydrogens is 314 g/mol. The van der Waals surface area contributed by atoms with Crippen molar-refractivity contribution < 1.29 is 23.8 Å². The average molecular weight is 341 g/mol. The summed E-state index contributed by atoms with van der Waals surface area (Å²) in [6.45, 7) is 7.60. The molecule has 1 aromatic heterocycles. The number of nitrogens with zero attached hydrogens (tertiary/aromatic N) is 3. The van der Waals surface area contributed by atoms with Gasteiger partial charge in [-0.1, -0.05) is 0 Å². The van der Waals surface area contributed by atoms with Gasteiger partial charge in [-0.25, -0.2) is 9.59 Å². The molecule has 1 amide bonds. The van der Waals surface area contributed by atoms with Gasteiger partial charge < -0.3 is 19.1 Å². The number of hydrogen-bond donors (Lipinski definition) is 0. The van der Waals surface area contributed by atoms with Crippen molar-refractivity contribution in [2.45, 2.75) is 39.3 Å². The maximum absolute atomic E-state index is 11.8. The quantitative estimate of drug-likeness (QED) is 0.531. The largest absolute Gasteiger partial charge is 0.465 e. The summed E-state index contributed by atoms with van der Waals surface area (Å²) in [7, 11) is 3.03. The second kappa shape index (κ2) is 9.27. The third-order valence-electron chi connectivity index (χ3n) is 3.01. The van der Waals surface area contributed by atoms with Crippen LogP contribution in [-0.4, -0.2) is 66.3 Å². The minimum atomic E-state index is -0.491. The number of amides is 1. The molecule has 0 bridgehead atoms. The number of ether oxygens (including phenoxy) is 3. The predicted octanol–water partition coefficient (Wildman–Crippen LogP) is 1.94. The molecule has 1 rings (SSSR count). The van der Waals surface area contributed by atoms with Crippen LogP contribution < -0.4 is 0 Å². The van der Waals surface area contributed by atoms with Gasteiger partial charge in [0.25, 0.3) is 0 Å². The lowest BCUT2D eigenvalue weighted by Crippen LogP contribution is -2.35. The molecule has 0 fully saturated rings. The molecule has 0 aliphatic heterocycles. The van der Waals surface area contributed by atoms with Gasteiger partial charge in [0, 0.05) is 26.4 Å². The normalized spacial score (nSPS) is 11.2. The van der Waals surface area contributed by atoms with Crippen molar-refractivity contribution in [1.29, 1.82) is 0 Å². The molecule has 0 saturated heterocycles. The second-order valence-electron chi connectivity index (χ2n) is 6.35. The summed E-state index contributed by atoms with van der Waals surface area (Å²) in [6, 6.07) is 0. The van der Waals surface area contributed by atoms with E-state index < -0.39 is 11.6 Å². The Morgan fingerprint density at radius 2 is 2.00 bits per heavy atom. The SMILES string of the molecule is COC(=O)c1cnn(CCOCCCN(C)C(=O)OC(C)(C)C)c1. The summed E-state index contributed by atoms with van der Waals surface area (Å²) in [5.74, 6) is -0.410. The molecule has 8 heteroatoms. The number of methoxy groups -OCH3 is 1. The molecule has 1 heterocycles. The topological polar surface area (TPSA) is 82.9 Å². The number of carbonyl (C=O) groups is 2. The Morgan fingerprint density at radius 3 is 2.62 bits per heavy atom. The van der Waals surface area contributed by atoms with Gasteiger partial charge in [-0.3, -0.25) is 4.68 Å². The molecule has 0 atom stereocenters. The van der Waals surface area contributed by atoms with E-state index in [-0.39, 0.29) is 6.09 Å². The predicted molar refractivity (Wildman–Crippen MR) is 87.9 cm³/mol. The van der Waals surface area contributed by atoms with E-state index in [0.29, 0.717) is 38.3 Å². The summed E-state index contributed by atoms with van der Waals surface area (Å²) < 4.78 is 17.0. The van der Waals surface area contributed by atoms with Crippen LogP contribution in [0.2, 0.25) is 0 Å². The van der Waals surface area contributed by atoms with Crippen molar-refractivity contribution in [3.8, 4) is 0 Å². The fourth-order valence-corrected chi connectivity index (χ4v) is 1.80. The van der Waals surface area contributed by atoms with E-state index in [1.807, 2.05) is 20.8 Å². The van der Waals surface area contributed by atoms with E-state index in [4.69, 9.17) is 9.47 Å². The van der Waals surface area contributed by atoms with E-state index in [1.165, 1.54) is 18.2 Å². The van der Waals surface area contributed by atoms with Gasteiger partial charge in [0.1, 0.15) is 5.60 Å². The molecule has 0 unspecified atom stereocenters. The average Bonchev–Trinajstić information content (AvgIpc) is 2.96. The van der Waals surface area contributed by atoms with Crippen molar-refractivity contribution in [1.82, 2.24) is 14.7 Å². The summed E-state index contributed by atoms with van der Waals surface area (Å²) in [5.41, 5.74) is -0.0780. The van der Waals surface area contributed by atoms with E-state index in [9.17, 15) is 9.59 Å². The fraction of sp³-hybridized carbons (Fsp3) is 0.688. The third kappa shape index (κ3) is 7.45. The highest BCUT2D eigenvalue weighted by Crippen LogP contribution is 2.09. The van der Waals surface area contributed by atoms with Crippen LogP contribution in [-0.2, 0) is 20.8 Å². The van der Waals surface area contributed by atoms with Crippen LogP contribution in [0.25, 0.3) is 0 Å². The molecule has 0 spiro atoms. The zero-order chi connectivity index (χ0) is 18.2. The lowest BCUT2D eigenvalue weighted by Gasteiger charge is -2.24. The van der Waals surface area contributed by atoms with Gasteiger partial charge >= 0.3 is 12.1 Å². The van der Waals surface area contributed by atoms with Crippen molar-refractivity contribution >= 4 is 12.1 Å². The molecule has 136 valence electrons. The van der Waals surface area contributed by atoms with Gasteiger partial charge in [-0.15, -0.1) is 0 Å². The maximum Gasteiger partial charge on any atom is 0.410 e. The second-order valence-corrected chi connectivity index (χ2v) is 6.35. The summed E-state index contributed by atoms with van der Waals surface area (Å²) in [4.78, 5) is 24.6. The van der Waals surface area contributed by atoms with Gasteiger partial charge in [-0.05, 0) is 27.2 Å². The van der Waals surface area contributed by atoms with E-state index in [2.05, 4.69) is 9.84 Å². The molecule has 1 aromatic rings. The highest BCUT2D eigenvalue weighted by Gasteiger charge is 2.19. The number of aromatic nitrogens is 2. The van der Waals surface area contributed by atoms with Gasteiger partial charge in [0.05, 0.1) is 32.0 Å². The van der Waals surface area contributed by atoms with Crippen LogP contribution in [0.3, 0.4) is 0 Å². The van der Waals surface area contributed by atoms with Crippen LogP contribution in [0.15, 0.2) is 12.4 Å². The molecule has 0 aliphatic carbocycles. The molecule has 0 N–H and O–H groups in total. The molecular formula is C16H27N3O5. The summed E-state index contributed by atoms with van der Waals surface area (Å²) >= 11 is 0. The zero-order valence-electron chi connectivity index (χ0n) is 15.1. The first-order valence-electron chi connectivity index (χ1n) is 7.85. The van der Waals surface area contributed by atoms with E-state index in [0.717, 1.165) is 0 Å². The molecule has 0 radical (unpaired) electrons. The first-order chi connectivity index (χ1) is 11.2. The molecule has 0 aliphatic rings. The van der Waals surface area contributed by atoms with Crippen molar-refractivity contribution in [3.05, 3.63) is 18.0 Å². The Balaban J connectivity index is 2.15. The molecule has 8 nitrogen and oxygen atoms in total. The lowest BCUT2D eigenvalue weighted by molar-refractivity contribution is 0.0278. The first kappa shape index (κ1) is 20.0. The Morgan fingerprint density at radius 1 is 1.29 bits per heavy atom. The monoisotopic (exact) mass is 341 g/mol. The smallest absolute Gasteiger partial charge is 0.410 e. The van der Waals surface area contributed by atoms with Crippen molar-refractivity contribution in [3.63, 3.8) is 0 Å². The summed E-state index contributed by atoms with van der Waals surface area (Å²) in [5, 5.41) is 4.05. The van der Waals surface area contributed by atoms with E-state index in [1.54, 1.807) is 17.9 Å². The van der Waals surface area contributed by atoms with Crippen LogP contribution in [0.4, 0.5) is 4.79 Å². The Hall–Kier alpha value is -2.09. The molecule has 0 aromatic carbocycles. The van der Waals surface area contributed by atoms with Crippen LogP contribution >= 0.6 is 0 Å². The number of esters is 1. The van der Waals surface area contributed by atoms with Crippen LogP contribution in [0, 0.1) is 0 Å². The number of carbonyl (C=O) groups excluding carboxylic acids is 2. The standard InChI is InChI=1S/C16H27N3O5/c1-16(2,3)24-15(21)18(4)7-6-9-23-10-8-19-12-13(11-17-19)14(20)22-5/h11-12H,6-10H2,1-5H3. The number of hydrogen-bond acceptors (Lipinski definition) is 6. The minimum Gasteiger partial charge on any atom is -0.465 e. The minimum absolute atomic E-state index is 0.339. The lowest BCUT2D eigenvalue weighted by atomic mass is 10.2. The first-order valence-corrected chi connectivity index (χ1v) is 7.85. The Kier molecular flexibility index (Phi) is 7.70. The highest BCUT2D eigenvalue weighted by atomic mass is 16.6. The van der Waals surface area contributed by atoms with E-state index >= 15 is 0 Å². The van der Waals surface area contributed by atoms with Crippen molar-refractivity contribution in [2.24, 2.45) is 0 Å². The van der Waals surface area contributed by atoms with Gasteiger partial charge in [0.15, 0.2) is 0 Å². The fourth-order valence-electron chi connectivity index (χ4n) is 1.80. The molecule has 0 saturated carbocycles. The highest BCUT2D eigenvalue weighted by molar-refractivity contribution is 5.88. The Bertz CT molecular complexity index is 536. The summed E-state index contributed by atoms with van der Waals surface area (Å²) in [6.07, 6.45) is 3.45. The van der Waals surface area contributed by atoms with Crippen LogP contribution in [0.1, 0.15) is 37.6 Å². The molecule has 24 heavy (non-hydrogen) atoms. The van der Waals surface area contributed by atoms with Crippen LogP contribution in [0.5, 0.6) is 0 Å². The third-order valence-corrected chi connectivity index (χ3v) is 3.01. The van der Waals surface area contributed by atoms with Gasteiger partial charge in [-0.2, -0.15) is 5.10 Å².